The molecule has 1 aromatic heterocycles. The lowest BCUT2D eigenvalue weighted by molar-refractivity contribution is -0.114. The van der Waals surface area contributed by atoms with Crippen LogP contribution in [0.3, 0.4) is 0 Å². The van der Waals surface area contributed by atoms with Crippen LogP contribution in [0.15, 0.2) is 47.4 Å². The van der Waals surface area contributed by atoms with Crippen molar-refractivity contribution in [1.82, 2.24) is 4.98 Å². The van der Waals surface area contributed by atoms with Crippen LogP contribution in [0, 0.1) is 0 Å². The molecule has 3 aromatic rings. The molecule has 0 fully saturated rings. The monoisotopic (exact) mass is 403 g/mol. The summed E-state index contributed by atoms with van der Waals surface area (Å²) < 4.78 is 28.7. The highest BCUT2D eigenvalue weighted by atomic mass is 32.2. The van der Waals surface area contributed by atoms with Gasteiger partial charge in [0.05, 0.1) is 20.8 Å². The highest BCUT2D eigenvalue weighted by Gasteiger charge is 2.18. The van der Waals surface area contributed by atoms with Gasteiger partial charge in [-0.25, -0.2) is 13.4 Å². The molecule has 142 valence electrons. The fourth-order valence-electron chi connectivity index (χ4n) is 2.54. The molecule has 0 aliphatic carbocycles. The molecule has 1 heterocycles. The van der Waals surface area contributed by atoms with E-state index in [1.807, 2.05) is 12.1 Å². The molecule has 3 rings (SSSR count). The van der Waals surface area contributed by atoms with Gasteiger partial charge in [-0.3, -0.25) is 9.52 Å². The Bertz CT molecular complexity index is 1100. The number of benzene rings is 2. The third-order valence-electron chi connectivity index (χ3n) is 3.95. The number of fused-ring (bicyclic) bond motifs is 1. The number of sulfonamides is 1. The van der Waals surface area contributed by atoms with Crippen molar-refractivity contribution < 1.29 is 13.2 Å². The molecule has 0 aliphatic heterocycles. The quantitative estimate of drug-likeness (QED) is 0.678. The van der Waals surface area contributed by atoms with Gasteiger partial charge in [0.25, 0.3) is 10.0 Å². The maximum absolute atomic E-state index is 12.7. The number of amides is 1. The van der Waals surface area contributed by atoms with Gasteiger partial charge in [0.15, 0.2) is 5.13 Å². The van der Waals surface area contributed by atoms with E-state index in [0.717, 1.165) is 10.3 Å². The summed E-state index contributed by atoms with van der Waals surface area (Å²) >= 11 is 1.29. The molecule has 27 heavy (non-hydrogen) atoms. The van der Waals surface area contributed by atoms with Gasteiger partial charge in [0, 0.05) is 6.92 Å². The van der Waals surface area contributed by atoms with E-state index in [1.54, 1.807) is 30.3 Å². The molecule has 0 radical (unpaired) electrons. The summed E-state index contributed by atoms with van der Waals surface area (Å²) in [4.78, 5) is 15.6. The highest BCUT2D eigenvalue weighted by molar-refractivity contribution is 7.92. The Labute approximate surface area is 162 Å². The summed E-state index contributed by atoms with van der Waals surface area (Å²) in [5.74, 6) is -0.200. The molecule has 0 spiro atoms. The van der Waals surface area contributed by atoms with Crippen molar-refractivity contribution in [2.24, 2.45) is 0 Å². The van der Waals surface area contributed by atoms with Gasteiger partial charge in [-0.05, 0) is 41.3 Å². The Morgan fingerprint density at radius 3 is 2.33 bits per heavy atom. The molecule has 0 saturated heterocycles. The second-order valence-corrected chi connectivity index (χ2v) is 9.98. The summed E-state index contributed by atoms with van der Waals surface area (Å²) in [7, 11) is -3.69. The first-order chi connectivity index (χ1) is 12.5. The normalized spacial score (nSPS) is 12.1. The maximum atomic E-state index is 12.7. The molecule has 0 bridgehead atoms. The molecule has 0 aliphatic rings. The predicted octanol–water partition coefficient (Wildman–Crippen LogP) is 4.35. The summed E-state index contributed by atoms with van der Waals surface area (Å²) in [6.45, 7) is 7.65. The number of nitrogens with one attached hydrogen (secondary N) is 2. The zero-order valence-corrected chi connectivity index (χ0v) is 17.2. The Kier molecular flexibility index (Phi) is 4.96. The Hall–Kier alpha value is -2.45. The van der Waals surface area contributed by atoms with Crippen LogP contribution < -0.4 is 10.0 Å². The Morgan fingerprint density at radius 2 is 1.74 bits per heavy atom. The van der Waals surface area contributed by atoms with Crippen molar-refractivity contribution in [1.29, 1.82) is 0 Å². The number of thiazole rings is 1. The van der Waals surface area contributed by atoms with E-state index in [-0.39, 0.29) is 16.2 Å². The zero-order valence-electron chi connectivity index (χ0n) is 15.5. The lowest BCUT2D eigenvalue weighted by Crippen LogP contribution is -2.14. The van der Waals surface area contributed by atoms with Crippen LogP contribution in [0.25, 0.3) is 10.2 Å². The van der Waals surface area contributed by atoms with Gasteiger partial charge < -0.3 is 5.32 Å². The van der Waals surface area contributed by atoms with Crippen LogP contribution in [-0.2, 0) is 20.2 Å². The molecule has 2 N–H and O–H groups in total. The van der Waals surface area contributed by atoms with E-state index in [1.165, 1.54) is 18.3 Å². The largest absolute Gasteiger partial charge is 0.302 e. The van der Waals surface area contributed by atoms with Crippen LogP contribution >= 0.6 is 11.3 Å². The molecule has 1 amide bonds. The molecular formula is C19H21N3O3S2. The summed E-state index contributed by atoms with van der Waals surface area (Å²) in [5.41, 5.74) is 2.16. The number of hydrogen-bond acceptors (Lipinski definition) is 5. The van der Waals surface area contributed by atoms with E-state index >= 15 is 0 Å². The van der Waals surface area contributed by atoms with E-state index in [4.69, 9.17) is 0 Å². The van der Waals surface area contributed by atoms with Crippen LogP contribution in [-0.4, -0.2) is 19.3 Å². The van der Waals surface area contributed by atoms with Crippen molar-refractivity contribution in [3.63, 3.8) is 0 Å². The minimum atomic E-state index is -3.69. The maximum Gasteiger partial charge on any atom is 0.261 e. The lowest BCUT2D eigenvalue weighted by atomic mass is 9.87. The number of nitrogens with zero attached hydrogens (tertiary/aromatic N) is 1. The van der Waals surface area contributed by atoms with Crippen LogP contribution in [0.4, 0.5) is 10.8 Å². The van der Waals surface area contributed by atoms with Crippen molar-refractivity contribution in [3.05, 3.63) is 48.0 Å². The minimum absolute atomic E-state index is 0.0431. The summed E-state index contributed by atoms with van der Waals surface area (Å²) in [5, 5.41) is 3.12. The first-order valence-electron chi connectivity index (χ1n) is 8.36. The van der Waals surface area contributed by atoms with Crippen molar-refractivity contribution in [3.8, 4) is 0 Å². The molecule has 6 nitrogen and oxygen atoms in total. The molecule has 8 heteroatoms. The van der Waals surface area contributed by atoms with Crippen LogP contribution in [0.1, 0.15) is 33.3 Å². The van der Waals surface area contributed by atoms with Gasteiger partial charge in [-0.1, -0.05) is 44.2 Å². The van der Waals surface area contributed by atoms with Gasteiger partial charge >= 0.3 is 0 Å². The fourth-order valence-corrected chi connectivity index (χ4v) is 4.54. The standard InChI is InChI=1S/C19H21N3O3S2/c1-12(23)20-18-21-16-10-7-14(11-17(16)26-18)22-27(24,25)15-8-5-13(6-9-15)19(2,3)4/h5-11,22H,1-4H3,(H,20,21,23). The topological polar surface area (TPSA) is 88.2 Å². The number of hydrogen-bond donors (Lipinski definition) is 2. The molecule has 0 atom stereocenters. The van der Waals surface area contributed by atoms with E-state index in [2.05, 4.69) is 35.8 Å². The number of anilines is 2. The second kappa shape index (κ2) is 6.94. The smallest absolute Gasteiger partial charge is 0.261 e. The summed E-state index contributed by atoms with van der Waals surface area (Å²) in [6, 6.07) is 12.0. The SMILES string of the molecule is CC(=O)Nc1nc2ccc(NS(=O)(=O)c3ccc(C(C)(C)C)cc3)cc2s1. The van der Waals surface area contributed by atoms with E-state index in [9.17, 15) is 13.2 Å². The Morgan fingerprint density at radius 1 is 1.07 bits per heavy atom. The number of rotatable bonds is 4. The zero-order chi connectivity index (χ0) is 19.8. The van der Waals surface area contributed by atoms with Gasteiger partial charge in [-0.2, -0.15) is 0 Å². The second-order valence-electron chi connectivity index (χ2n) is 7.26. The molecule has 2 aromatic carbocycles. The van der Waals surface area contributed by atoms with Crippen LogP contribution in [0.5, 0.6) is 0 Å². The van der Waals surface area contributed by atoms with Crippen molar-refractivity contribution >= 4 is 48.3 Å². The average Bonchev–Trinajstić information content (AvgIpc) is 2.94. The first kappa shape index (κ1) is 19.3. The van der Waals surface area contributed by atoms with Gasteiger partial charge in [0.2, 0.25) is 5.91 Å². The average molecular weight is 404 g/mol. The fraction of sp³-hybridized carbons (Fsp3) is 0.263. The predicted molar refractivity (Wildman–Crippen MR) is 110 cm³/mol. The van der Waals surface area contributed by atoms with Gasteiger partial charge in [-0.15, -0.1) is 0 Å². The molecule has 0 saturated carbocycles. The van der Waals surface area contributed by atoms with E-state index < -0.39 is 10.0 Å². The highest BCUT2D eigenvalue weighted by Crippen LogP contribution is 2.29. The Balaban J connectivity index is 1.85. The minimum Gasteiger partial charge on any atom is -0.302 e. The number of aromatic nitrogens is 1. The first-order valence-corrected chi connectivity index (χ1v) is 10.7. The van der Waals surface area contributed by atoms with Gasteiger partial charge in [0.1, 0.15) is 0 Å². The molecule has 0 unspecified atom stereocenters. The van der Waals surface area contributed by atoms with Crippen LogP contribution in [0.2, 0.25) is 0 Å². The molecular weight excluding hydrogens is 382 g/mol. The van der Waals surface area contributed by atoms with Crippen molar-refractivity contribution in [2.75, 3.05) is 10.0 Å². The lowest BCUT2D eigenvalue weighted by Gasteiger charge is -2.19. The summed E-state index contributed by atoms with van der Waals surface area (Å²) in [6.07, 6.45) is 0. The van der Waals surface area contributed by atoms with E-state index in [0.29, 0.717) is 16.3 Å². The number of carbonyl (C=O) groups is 1. The van der Waals surface area contributed by atoms with Crippen molar-refractivity contribution in [2.45, 2.75) is 38.0 Å². The number of carbonyl (C=O) groups excluding carboxylic acids is 1. The third-order valence-corrected chi connectivity index (χ3v) is 6.29. The third kappa shape index (κ3) is 4.45.